The number of ketones is 1. The number of carbonyl (C=O) groups is 2. The summed E-state index contributed by atoms with van der Waals surface area (Å²) >= 11 is 16.2. The van der Waals surface area contributed by atoms with Crippen molar-refractivity contribution >= 4 is 52.2 Å². The average Bonchev–Trinajstić information content (AvgIpc) is 2.27. The molecule has 0 heterocycles. The van der Waals surface area contributed by atoms with Gasteiger partial charge in [0.15, 0.2) is 5.78 Å². The van der Waals surface area contributed by atoms with Crippen molar-refractivity contribution in [2.75, 3.05) is 11.9 Å². The van der Waals surface area contributed by atoms with Crippen molar-refractivity contribution in [2.24, 2.45) is 5.73 Å². The smallest absolute Gasteiger partial charge is 0.276 e. The van der Waals surface area contributed by atoms with E-state index in [0.717, 1.165) is 0 Å². The molecule has 1 amide bonds. The molecule has 0 radical (unpaired) electrons. The minimum atomic E-state index is -2.05. The number of anilines is 1. The highest BCUT2D eigenvalue weighted by molar-refractivity contribution is 6.76. The van der Waals surface area contributed by atoms with Crippen LogP contribution >= 0.6 is 34.8 Å². The number of nitrogens with one attached hydrogen (secondary N) is 1. The summed E-state index contributed by atoms with van der Waals surface area (Å²) < 4.78 is -2.05. The number of hydrogen-bond donors (Lipinski definition) is 2. The first-order valence-corrected chi connectivity index (χ1v) is 5.69. The maximum atomic E-state index is 11.4. The van der Waals surface area contributed by atoms with Crippen molar-refractivity contribution in [1.29, 1.82) is 0 Å². The summed E-state index contributed by atoms with van der Waals surface area (Å²) in [4.78, 5) is 22.7. The Labute approximate surface area is 113 Å². The van der Waals surface area contributed by atoms with Gasteiger partial charge in [0.2, 0.25) is 0 Å². The molecule has 0 fully saturated rings. The van der Waals surface area contributed by atoms with Crippen LogP contribution in [-0.2, 0) is 4.79 Å². The molecule has 17 heavy (non-hydrogen) atoms. The van der Waals surface area contributed by atoms with E-state index in [9.17, 15) is 9.59 Å². The summed E-state index contributed by atoms with van der Waals surface area (Å²) in [7, 11) is 0. The summed E-state index contributed by atoms with van der Waals surface area (Å²) in [6.07, 6.45) is 0. The number of rotatable bonds is 3. The van der Waals surface area contributed by atoms with E-state index < -0.39 is 9.70 Å². The summed E-state index contributed by atoms with van der Waals surface area (Å²) in [5, 5.41) is 2.37. The van der Waals surface area contributed by atoms with Gasteiger partial charge in [-0.05, 0) is 12.1 Å². The maximum Gasteiger partial charge on any atom is 0.276 e. The highest BCUT2D eigenvalue weighted by Crippen LogP contribution is 2.27. The fraction of sp³-hybridized carbons (Fsp3) is 0.200. The van der Waals surface area contributed by atoms with E-state index in [1.54, 1.807) is 18.2 Å². The van der Waals surface area contributed by atoms with Crippen LogP contribution in [0.2, 0.25) is 0 Å². The van der Waals surface area contributed by atoms with E-state index in [0.29, 0.717) is 11.3 Å². The van der Waals surface area contributed by atoms with Crippen molar-refractivity contribution in [3.63, 3.8) is 0 Å². The van der Waals surface area contributed by atoms with Crippen LogP contribution in [0.4, 0.5) is 5.69 Å². The summed E-state index contributed by atoms with van der Waals surface area (Å²) in [6, 6.07) is 6.21. The highest BCUT2D eigenvalue weighted by atomic mass is 35.6. The number of benzene rings is 1. The fourth-order valence-corrected chi connectivity index (χ4v) is 1.23. The molecule has 7 heteroatoms. The maximum absolute atomic E-state index is 11.4. The minimum Gasteiger partial charge on any atom is -0.324 e. The van der Waals surface area contributed by atoms with Gasteiger partial charge in [-0.15, -0.1) is 0 Å². The Morgan fingerprint density at radius 2 is 1.94 bits per heavy atom. The van der Waals surface area contributed by atoms with Gasteiger partial charge in [-0.2, -0.15) is 0 Å². The largest absolute Gasteiger partial charge is 0.324 e. The van der Waals surface area contributed by atoms with Crippen LogP contribution in [0.15, 0.2) is 24.3 Å². The van der Waals surface area contributed by atoms with Crippen LogP contribution in [0.1, 0.15) is 10.4 Å². The van der Waals surface area contributed by atoms with Crippen molar-refractivity contribution in [1.82, 2.24) is 0 Å². The number of nitrogens with two attached hydrogens (primary N) is 1. The lowest BCUT2D eigenvalue weighted by atomic mass is 10.1. The van der Waals surface area contributed by atoms with Gasteiger partial charge >= 0.3 is 0 Å². The first-order valence-electron chi connectivity index (χ1n) is 4.56. The second kappa shape index (κ2) is 5.69. The third-order valence-electron chi connectivity index (χ3n) is 1.89. The van der Waals surface area contributed by atoms with Crippen LogP contribution in [-0.4, -0.2) is 22.0 Å². The molecule has 0 aliphatic rings. The molecule has 92 valence electrons. The molecule has 0 saturated carbocycles. The van der Waals surface area contributed by atoms with Gasteiger partial charge in [0.05, 0.1) is 6.54 Å². The Morgan fingerprint density at radius 1 is 1.29 bits per heavy atom. The van der Waals surface area contributed by atoms with Crippen LogP contribution < -0.4 is 11.1 Å². The van der Waals surface area contributed by atoms with E-state index in [1.807, 2.05) is 0 Å². The van der Waals surface area contributed by atoms with Crippen LogP contribution in [0.3, 0.4) is 0 Å². The van der Waals surface area contributed by atoms with E-state index in [1.165, 1.54) is 6.07 Å². The standard InChI is InChI=1S/C10H9Cl3N2O2/c11-10(12,13)9(17)15-7-3-1-2-6(4-7)8(16)5-14/h1-4H,5,14H2,(H,15,17). The molecule has 3 N–H and O–H groups in total. The molecule has 0 spiro atoms. The summed E-state index contributed by atoms with van der Waals surface area (Å²) in [6.45, 7) is -0.109. The van der Waals surface area contributed by atoms with Gasteiger partial charge < -0.3 is 11.1 Å². The molecular formula is C10H9Cl3N2O2. The molecule has 0 unspecified atom stereocenters. The lowest BCUT2D eigenvalue weighted by Crippen LogP contribution is -2.27. The second-order valence-corrected chi connectivity index (χ2v) is 5.44. The van der Waals surface area contributed by atoms with Gasteiger partial charge in [-0.25, -0.2) is 0 Å². The van der Waals surface area contributed by atoms with E-state index in [4.69, 9.17) is 40.5 Å². The quantitative estimate of drug-likeness (QED) is 0.663. The summed E-state index contributed by atoms with van der Waals surface area (Å²) in [5.41, 5.74) is 5.97. The first-order chi connectivity index (χ1) is 7.84. The Bertz CT molecular complexity index is 443. The summed E-state index contributed by atoms with van der Waals surface area (Å²) in [5.74, 6) is -1.03. The number of hydrogen-bond acceptors (Lipinski definition) is 3. The predicted molar refractivity (Wildman–Crippen MR) is 68.7 cm³/mol. The molecule has 1 rings (SSSR count). The van der Waals surface area contributed by atoms with Gasteiger partial charge in [0, 0.05) is 11.3 Å². The van der Waals surface area contributed by atoms with E-state index >= 15 is 0 Å². The Morgan fingerprint density at radius 3 is 2.47 bits per heavy atom. The molecule has 0 aliphatic heterocycles. The van der Waals surface area contributed by atoms with E-state index in [2.05, 4.69) is 5.32 Å². The SMILES string of the molecule is NCC(=O)c1cccc(NC(=O)C(Cl)(Cl)Cl)c1. The predicted octanol–water partition coefficient (Wildman–Crippen LogP) is 2.14. The van der Waals surface area contributed by atoms with Crippen molar-refractivity contribution in [2.45, 2.75) is 3.79 Å². The van der Waals surface area contributed by atoms with E-state index in [-0.39, 0.29) is 12.3 Å². The molecular weight excluding hydrogens is 286 g/mol. The third-order valence-corrected chi connectivity index (χ3v) is 2.40. The Kier molecular flexibility index (Phi) is 4.77. The molecule has 4 nitrogen and oxygen atoms in total. The molecule has 0 aromatic heterocycles. The zero-order chi connectivity index (χ0) is 13.1. The number of amides is 1. The van der Waals surface area contributed by atoms with Crippen LogP contribution in [0.25, 0.3) is 0 Å². The molecule has 0 saturated heterocycles. The molecule has 1 aromatic carbocycles. The molecule has 0 atom stereocenters. The number of alkyl halides is 3. The lowest BCUT2D eigenvalue weighted by Gasteiger charge is -2.11. The molecule has 0 bridgehead atoms. The van der Waals surface area contributed by atoms with Gasteiger partial charge in [-0.3, -0.25) is 9.59 Å². The Balaban J connectivity index is 2.87. The van der Waals surface area contributed by atoms with Crippen molar-refractivity contribution in [3.05, 3.63) is 29.8 Å². The fourth-order valence-electron chi connectivity index (χ4n) is 1.09. The molecule has 1 aromatic rings. The average molecular weight is 296 g/mol. The minimum absolute atomic E-state index is 0.109. The van der Waals surface area contributed by atoms with Crippen molar-refractivity contribution < 1.29 is 9.59 Å². The normalized spacial score (nSPS) is 11.1. The highest BCUT2D eigenvalue weighted by Gasteiger charge is 2.30. The van der Waals surface area contributed by atoms with Crippen LogP contribution in [0.5, 0.6) is 0 Å². The third kappa shape index (κ3) is 4.16. The Hall–Kier alpha value is -0.810. The lowest BCUT2D eigenvalue weighted by molar-refractivity contribution is -0.115. The van der Waals surface area contributed by atoms with Gasteiger partial charge in [0.25, 0.3) is 9.70 Å². The van der Waals surface area contributed by atoms with Gasteiger partial charge in [-0.1, -0.05) is 46.9 Å². The number of halogens is 3. The number of Topliss-reactive ketones (excluding diaryl/α,β-unsaturated/α-hetero) is 1. The van der Waals surface area contributed by atoms with Crippen LogP contribution in [0, 0.1) is 0 Å². The zero-order valence-electron chi connectivity index (χ0n) is 8.54. The van der Waals surface area contributed by atoms with Gasteiger partial charge in [0.1, 0.15) is 0 Å². The topological polar surface area (TPSA) is 72.2 Å². The zero-order valence-corrected chi connectivity index (χ0v) is 10.8. The second-order valence-electron chi connectivity index (χ2n) is 3.16. The molecule has 0 aliphatic carbocycles. The monoisotopic (exact) mass is 294 g/mol. The van der Waals surface area contributed by atoms with Crippen molar-refractivity contribution in [3.8, 4) is 0 Å². The first kappa shape index (κ1) is 14.3. The number of carbonyl (C=O) groups excluding carboxylic acids is 2.